The number of fused-ring (bicyclic) bond motifs is 5. The van der Waals surface area contributed by atoms with Crippen molar-refractivity contribution < 1.29 is 28.3 Å². The number of aliphatic hydroxyl groups excluding tert-OH is 2. The molecule has 4 aliphatic carbocycles. The second-order valence-electron chi connectivity index (χ2n) is 14.5. The summed E-state index contributed by atoms with van der Waals surface area (Å²) in [6.07, 6.45) is 11.7. The minimum atomic E-state index is -3.60. The molecule has 4 unspecified atom stereocenters. The highest BCUT2D eigenvalue weighted by Crippen LogP contribution is 2.69. The fourth-order valence-corrected chi connectivity index (χ4v) is 12.0. The van der Waals surface area contributed by atoms with Gasteiger partial charge in [-0.15, -0.1) is 0 Å². The molecule has 5 fully saturated rings. The Balaban J connectivity index is 1.10. The van der Waals surface area contributed by atoms with Gasteiger partial charge >= 0.3 is 7.82 Å². The van der Waals surface area contributed by atoms with Gasteiger partial charge in [0.05, 0.1) is 31.5 Å². The van der Waals surface area contributed by atoms with E-state index in [0.717, 1.165) is 31.2 Å². The van der Waals surface area contributed by atoms with E-state index in [4.69, 9.17) is 13.6 Å². The van der Waals surface area contributed by atoms with Gasteiger partial charge in [0.25, 0.3) is 0 Å². The van der Waals surface area contributed by atoms with Crippen molar-refractivity contribution >= 4 is 7.82 Å². The quantitative estimate of drug-likeness (QED) is 0.354. The molecule has 1 saturated heterocycles. The summed E-state index contributed by atoms with van der Waals surface area (Å²) in [5.74, 6) is 3.06. The maximum atomic E-state index is 13.3. The Kier molecular flexibility index (Phi) is 8.07. The predicted molar refractivity (Wildman–Crippen MR) is 153 cm³/mol. The van der Waals surface area contributed by atoms with E-state index in [0.29, 0.717) is 55.1 Å². The lowest BCUT2D eigenvalue weighted by Crippen LogP contribution is -2.61. The second kappa shape index (κ2) is 11.0. The number of rotatable bonds is 6. The summed E-state index contributed by atoms with van der Waals surface area (Å²) in [6.45, 7) is 10.3. The van der Waals surface area contributed by atoms with Crippen molar-refractivity contribution in [2.75, 3.05) is 13.2 Å². The molecule has 0 bridgehead atoms. The summed E-state index contributed by atoms with van der Waals surface area (Å²) in [7, 11) is -3.60. The third-order valence-corrected chi connectivity index (χ3v) is 14.2. The van der Waals surface area contributed by atoms with Crippen LogP contribution >= 0.6 is 7.82 Å². The van der Waals surface area contributed by atoms with E-state index in [-0.39, 0.29) is 35.1 Å². The molecule has 8 heteroatoms. The molecule has 1 aromatic heterocycles. The number of hydrogen-bond donors (Lipinski definition) is 2. The molecule has 6 rings (SSSR count). The Labute approximate surface area is 240 Å². The highest BCUT2D eigenvalue weighted by molar-refractivity contribution is 7.48. The van der Waals surface area contributed by atoms with Crippen LogP contribution in [0.1, 0.15) is 97.1 Å². The summed E-state index contributed by atoms with van der Waals surface area (Å²) in [5, 5.41) is 22.2. The van der Waals surface area contributed by atoms with Gasteiger partial charge in [-0.3, -0.25) is 18.6 Å². The second-order valence-corrected chi connectivity index (χ2v) is 16.1. The van der Waals surface area contributed by atoms with Gasteiger partial charge < -0.3 is 10.2 Å². The maximum absolute atomic E-state index is 13.3. The fourth-order valence-electron chi connectivity index (χ4n) is 10.6. The molecule has 0 spiro atoms. The molecule has 7 nitrogen and oxygen atoms in total. The van der Waals surface area contributed by atoms with Crippen LogP contribution in [0.25, 0.3) is 0 Å². The van der Waals surface area contributed by atoms with Crippen molar-refractivity contribution in [2.45, 2.75) is 104 Å². The van der Waals surface area contributed by atoms with Gasteiger partial charge in [0.2, 0.25) is 0 Å². The molecule has 0 aromatic carbocycles. The minimum Gasteiger partial charge on any atom is -0.393 e. The molecular formula is C32H50NO6P. The molecule has 4 saturated carbocycles. The Bertz CT molecular complexity index is 1090. The van der Waals surface area contributed by atoms with Gasteiger partial charge in [-0.05, 0) is 121 Å². The summed E-state index contributed by atoms with van der Waals surface area (Å²) in [5.41, 5.74) is 1.37. The van der Waals surface area contributed by atoms with Gasteiger partial charge in [0, 0.05) is 18.8 Å². The van der Waals surface area contributed by atoms with Crippen LogP contribution in [-0.4, -0.2) is 40.6 Å². The molecule has 0 radical (unpaired) electrons. The Hall–Kier alpha value is -0.820. The van der Waals surface area contributed by atoms with Crippen molar-refractivity contribution in [1.82, 2.24) is 4.98 Å². The number of phosphoric ester groups is 1. The molecule has 40 heavy (non-hydrogen) atoms. The van der Waals surface area contributed by atoms with E-state index in [1.54, 1.807) is 12.4 Å². The van der Waals surface area contributed by atoms with E-state index in [1.807, 2.05) is 12.1 Å². The van der Waals surface area contributed by atoms with Crippen LogP contribution in [0, 0.1) is 52.3 Å². The third-order valence-electron chi connectivity index (χ3n) is 12.7. The SMILES string of the molecule is C[C@H](CCO[P@]1(=O)OCC[C@@H](c2ccncc2)O1)[C@H]1CCC2C3C(CC[C@@]21C)[C@@]1(C)CC[C@@H](O)CC1[C@@H](C)[C@H]3O. The van der Waals surface area contributed by atoms with Gasteiger partial charge in [-0.1, -0.05) is 27.7 Å². The van der Waals surface area contributed by atoms with Gasteiger partial charge in [-0.25, -0.2) is 4.57 Å². The number of hydrogen-bond acceptors (Lipinski definition) is 7. The minimum absolute atomic E-state index is 0.202. The van der Waals surface area contributed by atoms with Crippen LogP contribution in [-0.2, 0) is 18.1 Å². The molecule has 0 amide bonds. The molecule has 2 heterocycles. The number of aliphatic hydroxyl groups is 2. The first kappa shape index (κ1) is 29.3. The lowest BCUT2D eigenvalue weighted by atomic mass is 9.42. The number of pyridine rings is 1. The summed E-state index contributed by atoms with van der Waals surface area (Å²) in [6, 6.07) is 3.77. The zero-order chi connectivity index (χ0) is 28.3. The van der Waals surface area contributed by atoms with Gasteiger partial charge in [0.1, 0.15) is 0 Å². The molecule has 1 aliphatic heterocycles. The lowest BCUT2D eigenvalue weighted by Gasteiger charge is -2.64. The average Bonchev–Trinajstić information content (AvgIpc) is 3.30. The molecule has 224 valence electrons. The van der Waals surface area contributed by atoms with Gasteiger partial charge in [-0.2, -0.15) is 0 Å². The highest BCUT2D eigenvalue weighted by Gasteiger charge is 2.64. The Morgan fingerprint density at radius 1 is 1.05 bits per heavy atom. The first-order valence-corrected chi connectivity index (χ1v) is 17.4. The van der Waals surface area contributed by atoms with Crippen LogP contribution in [0.3, 0.4) is 0 Å². The fraction of sp³-hybridized carbons (Fsp3) is 0.844. The molecule has 5 aliphatic rings. The van der Waals surface area contributed by atoms with Crippen LogP contribution < -0.4 is 0 Å². The number of aromatic nitrogens is 1. The summed E-state index contributed by atoms with van der Waals surface area (Å²) in [4.78, 5) is 4.06. The Morgan fingerprint density at radius 3 is 2.55 bits per heavy atom. The van der Waals surface area contributed by atoms with Crippen molar-refractivity contribution in [3.8, 4) is 0 Å². The van der Waals surface area contributed by atoms with Crippen LogP contribution in [0.2, 0.25) is 0 Å². The standard InChI is InChI=1S/C32H50NO6P/c1-20(11-17-37-40(36)38-18-12-28(39-40)22-9-15-33-16-10-22)24-5-6-25-29-26(8-14-31(24,25)3)32(4)13-7-23(34)19-27(32)21(2)30(29)35/h9-10,15-16,20-21,23-30,34-35H,5-8,11-14,17-19H2,1-4H3/t20-,21-,23-,24-,25?,26?,27?,28+,29?,30-,31-,32-,40-/m1/s1. The highest BCUT2D eigenvalue weighted by atomic mass is 31.2. The zero-order valence-corrected chi connectivity index (χ0v) is 25.7. The maximum Gasteiger partial charge on any atom is 0.475 e. The molecule has 2 N–H and O–H groups in total. The van der Waals surface area contributed by atoms with E-state index in [1.165, 1.54) is 25.7 Å². The normalized spacial score (nSPS) is 49.5. The van der Waals surface area contributed by atoms with Crippen molar-refractivity contribution in [2.24, 2.45) is 52.3 Å². The third kappa shape index (κ3) is 4.95. The smallest absolute Gasteiger partial charge is 0.393 e. The van der Waals surface area contributed by atoms with Gasteiger partial charge in [0.15, 0.2) is 0 Å². The van der Waals surface area contributed by atoms with E-state index in [2.05, 4.69) is 32.7 Å². The van der Waals surface area contributed by atoms with Crippen LogP contribution in [0.5, 0.6) is 0 Å². The summed E-state index contributed by atoms with van der Waals surface area (Å²) >= 11 is 0. The molecule has 1 aromatic rings. The zero-order valence-electron chi connectivity index (χ0n) is 24.8. The van der Waals surface area contributed by atoms with Crippen LogP contribution in [0.4, 0.5) is 0 Å². The predicted octanol–water partition coefficient (Wildman–Crippen LogP) is 6.95. The van der Waals surface area contributed by atoms with Crippen molar-refractivity contribution in [3.05, 3.63) is 30.1 Å². The van der Waals surface area contributed by atoms with Crippen LogP contribution in [0.15, 0.2) is 24.5 Å². The Morgan fingerprint density at radius 2 is 1.77 bits per heavy atom. The number of nitrogens with zero attached hydrogens (tertiary/aromatic N) is 1. The van der Waals surface area contributed by atoms with E-state index < -0.39 is 7.82 Å². The summed E-state index contributed by atoms with van der Waals surface area (Å²) < 4.78 is 30.5. The molecular weight excluding hydrogens is 525 g/mol. The first-order chi connectivity index (χ1) is 19.1. The monoisotopic (exact) mass is 575 g/mol. The number of phosphoric acid groups is 1. The first-order valence-electron chi connectivity index (χ1n) is 15.9. The molecule has 13 atom stereocenters. The average molecular weight is 576 g/mol. The van der Waals surface area contributed by atoms with E-state index in [9.17, 15) is 14.8 Å². The van der Waals surface area contributed by atoms with Crippen molar-refractivity contribution in [3.63, 3.8) is 0 Å². The van der Waals surface area contributed by atoms with Crippen molar-refractivity contribution in [1.29, 1.82) is 0 Å². The lowest BCUT2D eigenvalue weighted by molar-refractivity contribution is -0.199. The van der Waals surface area contributed by atoms with E-state index >= 15 is 0 Å². The topological polar surface area (TPSA) is 98.1 Å². The largest absolute Gasteiger partial charge is 0.475 e.